The van der Waals surface area contributed by atoms with E-state index in [0.717, 1.165) is 6.42 Å². The van der Waals surface area contributed by atoms with Crippen LogP contribution < -0.4 is 4.74 Å². The standard InChI is InChI=1S/C17H17ClO3/c1-3-11(2)12-4-7-14(8-5-12)21-16-10-13(18)6-9-15(16)17(19)20/h4-11H,3H2,1-2H3,(H,19,20). The van der Waals surface area contributed by atoms with Crippen molar-refractivity contribution in [3.8, 4) is 11.5 Å². The number of halogens is 1. The quantitative estimate of drug-likeness (QED) is 0.810. The Bertz CT molecular complexity index is 635. The van der Waals surface area contributed by atoms with Crippen molar-refractivity contribution in [2.75, 3.05) is 0 Å². The zero-order valence-electron chi connectivity index (χ0n) is 12.0. The summed E-state index contributed by atoms with van der Waals surface area (Å²) in [4.78, 5) is 11.2. The van der Waals surface area contributed by atoms with Gasteiger partial charge in [-0.25, -0.2) is 4.79 Å². The Hall–Kier alpha value is -2.00. The third-order valence-electron chi connectivity index (χ3n) is 3.46. The fraction of sp³-hybridized carbons (Fsp3) is 0.235. The molecule has 21 heavy (non-hydrogen) atoms. The first-order valence-electron chi connectivity index (χ1n) is 6.82. The lowest BCUT2D eigenvalue weighted by Crippen LogP contribution is -2.00. The van der Waals surface area contributed by atoms with Crippen LogP contribution in [0.25, 0.3) is 0 Å². The van der Waals surface area contributed by atoms with E-state index in [0.29, 0.717) is 16.7 Å². The molecule has 2 aromatic rings. The van der Waals surface area contributed by atoms with E-state index in [1.807, 2.05) is 24.3 Å². The summed E-state index contributed by atoms with van der Waals surface area (Å²) in [5, 5.41) is 9.60. The molecule has 3 nitrogen and oxygen atoms in total. The lowest BCUT2D eigenvalue weighted by Gasteiger charge is -2.12. The summed E-state index contributed by atoms with van der Waals surface area (Å²) in [6.07, 6.45) is 1.07. The van der Waals surface area contributed by atoms with E-state index in [9.17, 15) is 4.79 Å². The summed E-state index contributed by atoms with van der Waals surface area (Å²) in [5.41, 5.74) is 1.32. The number of ether oxygens (including phenoxy) is 1. The summed E-state index contributed by atoms with van der Waals surface area (Å²) in [5.74, 6) is 0.274. The highest BCUT2D eigenvalue weighted by Crippen LogP contribution is 2.29. The number of aromatic carboxylic acids is 1. The third-order valence-corrected chi connectivity index (χ3v) is 3.70. The van der Waals surface area contributed by atoms with E-state index in [1.165, 1.54) is 23.8 Å². The Morgan fingerprint density at radius 1 is 1.24 bits per heavy atom. The van der Waals surface area contributed by atoms with Crippen LogP contribution in [0.2, 0.25) is 5.02 Å². The molecule has 0 heterocycles. The normalized spacial score (nSPS) is 12.0. The third kappa shape index (κ3) is 3.76. The molecule has 0 fully saturated rings. The fourth-order valence-corrected chi connectivity index (χ4v) is 2.15. The average Bonchev–Trinajstić information content (AvgIpc) is 2.47. The molecule has 0 bridgehead atoms. The molecule has 110 valence electrons. The maximum atomic E-state index is 11.2. The number of hydrogen-bond acceptors (Lipinski definition) is 2. The van der Waals surface area contributed by atoms with Crippen molar-refractivity contribution in [3.05, 3.63) is 58.6 Å². The highest BCUT2D eigenvalue weighted by atomic mass is 35.5. The molecule has 0 spiro atoms. The molecule has 0 saturated carbocycles. The Balaban J connectivity index is 2.26. The van der Waals surface area contributed by atoms with Crippen molar-refractivity contribution in [3.63, 3.8) is 0 Å². The Labute approximate surface area is 129 Å². The summed E-state index contributed by atoms with van der Waals surface area (Å²) >= 11 is 5.90. The number of carboxylic acid groups (broad SMARTS) is 1. The van der Waals surface area contributed by atoms with E-state index >= 15 is 0 Å². The molecule has 0 aliphatic heterocycles. The molecule has 4 heteroatoms. The van der Waals surface area contributed by atoms with Crippen LogP contribution in [-0.4, -0.2) is 11.1 Å². The summed E-state index contributed by atoms with van der Waals surface area (Å²) in [7, 11) is 0. The smallest absolute Gasteiger partial charge is 0.339 e. The predicted molar refractivity (Wildman–Crippen MR) is 83.6 cm³/mol. The van der Waals surface area contributed by atoms with Crippen LogP contribution in [0.4, 0.5) is 0 Å². The van der Waals surface area contributed by atoms with Crippen LogP contribution in [0, 0.1) is 0 Å². The van der Waals surface area contributed by atoms with Gasteiger partial charge in [-0.3, -0.25) is 0 Å². The van der Waals surface area contributed by atoms with Gasteiger partial charge in [-0.05, 0) is 42.2 Å². The van der Waals surface area contributed by atoms with Crippen molar-refractivity contribution < 1.29 is 14.6 Å². The van der Waals surface area contributed by atoms with Crippen LogP contribution in [0.3, 0.4) is 0 Å². The lowest BCUT2D eigenvalue weighted by molar-refractivity contribution is 0.0694. The van der Waals surface area contributed by atoms with Crippen molar-refractivity contribution in [1.82, 2.24) is 0 Å². The van der Waals surface area contributed by atoms with Gasteiger partial charge in [-0.15, -0.1) is 0 Å². The van der Waals surface area contributed by atoms with E-state index in [1.54, 1.807) is 0 Å². The minimum absolute atomic E-state index is 0.0883. The minimum Gasteiger partial charge on any atom is -0.478 e. The molecule has 0 aliphatic rings. The molecule has 0 aromatic heterocycles. The molecular weight excluding hydrogens is 288 g/mol. The van der Waals surface area contributed by atoms with Crippen molar-refractivity contribution in [2.45, 2.75) is 26.2 Å². The lowest BCUT2D eigenvalue weighted by atomic mass is 9.99. The molecule has 0 amide bonds. The minimum atomic E-state index is -1.04. The van der Waals surface area contributed by atoms with Crippen molar-refractivity contribution in [1.29, 1.82) is 0 Å². The fourth-order valence-electron chi connectivity index (χ4n) is 1.98. The molecule has 0 saturated heterocycles. The van der Waals surface area contributed by atoms with Gasteiger partial charge in [0.25, 0.3) is 0 Å². The molecule has 2 aromatic carbocycles. The second-order valence-electron chi connectivity index (χ2n) is 4.93. The molecule has 1 unspecified atom stereocenters. The topological polar surface area (TPSA) is 46.5 Å². The summed E-state index contributed by atoms with van der Waals surface area (Å²) in [6.45, 7) is 4.30. The van der Waals surface area contributed by atoms with Crippen LogP contribution in [0.5, 0.6) is 11.5 Å². The van der Waals surface area contributed by atoms with E-state index in [-0.39, 0.29) is 11.3 Å². The number of rotatable bonds is 5. The van der Waals surface area contributed by atoms with Gasteiger partial charge in [0.05, 0.1) is 0 Å². The Kier molecular flexibility index (Phi) is 4.86. The van der Waals surface area contributed by atoms with Gasteiger partial charge in [0.1, 0.15) is 17.1 Å². The molecule has 2 rings (SSSR count). The predicted octanol–water partition coefficient (Wildman–Crippen LogP) is 5.34. The Morgan fingerprint density at radius 3 is 2.48 bits per heavy atom. The number of benzene rings is 2. The molecule has 0 aliphatic carbocycles. The average molecular weight is 305 g/mol. The maximum Gasteiger partial charge on any atom is 0.339 e. The van der Waals surface area contributed by atoms with Gasteiger partial charge in [0.15, 0.2) is 0 Å². The van der Waals surface area contributed by atoms with Gasteiger partial charge >= 0.3 is 5.97 Å². The van der Waals surface area contributed by atoms with Crippen LogP contribution in [0.15, 0.2) is 42.5 Å². The number of hydrogen-bond donors (Lipinski definition) is 1. The largest absolute Gasteiger partial charge is 0.478 e. The van der Waals surface area contributed by atoms with Crippen molar-refractivity contribution in [2.24, 2.45) is 0 Å². The van der Waals surface area contributed by atoms with E-state index < -0.39 is 5.97 Å². The zero-order valence-corrected chi connectivity index (χ0v) is 12.7. The van der Waals surface area contributed by atoms with E-state index in [4.69, 9.17) is 21.4 Å². The van der Waals surface area contributed by atoms with Gasteiger partial charge in [0.2, 0.25) is 0 Å². The SMILES string of the molecule is CCC(C)c1ccc(Oc2cc(Cl)ccc2C(=O)O)cc1. The van der Waals surface area contributed by atoms with Crippen LogP contribution in [-0.2, 0) is 0 Å². The summed E-state index contributed by atoms with van der Waals surface area (Å²) < 4.78 is 5.65. The van der Waals surface area contributed by atoms with Gasteiger partial charge in [-0.2, -0.15) is 0 Å². The first-order chi connectivity index (χ1) is 10.0. The second kappa shape index (κ2) is 6.64. The molecule has 1 atom stereocenters. The van der Waals surface area contributed by atoms with Crippen LogP contribution in [0.1, 0.15) is 42.1 Å². The Morgan fingerprint density at radius 2 is 1.90 bits per heavy atom. The monoisotopic (exact) mass is 304 g/mol. The first-order valence-corrected chi connectivity index (χ1v) is 7.19. The van der Waals surface area contributed by atoms with E-state index in [2.05, 4.69) is 13.8 Å². The highest BCUT2D eigenvalue weighted by Gasteiger charge is 2.13. The number of carbonyl (C=O) groups is 1. The molecule has 1 N–H and O–H groups in total. The maximum absolute atomic E-state index is 11.2. The van der Waals surface area contributed by atoms with Crippen molar-refractivity contribution >= 4 is 17.6 Å². The van der Waals surface area contributed by atoms with Gasteiger partial charge in [-0.1, -0.05) is 37.6 Å². The number of carboxylic acids is 1. The van der Waals surface area contributed by atoms with Crippen LogP contribution >= 0.6 is 11.6 Å². The second-order valence-corrected chi connectivity index (χ2v) is 5.36. The zero-order chi connectivity index (χ0) is 15.4. The summed E-state index contributed by atoms with van der Waals surface area (Å²) in [6, 6.07) is 12.1. The first kappa shape index (κ1) is 15.4. The highest BCUT2D eigenvalue weighted by molar-refractivity contribution is 6.30. The molecular formula is C17H17ClO3. The van der Waals surface area contributed by atoms with Gasteiger partial charge in [0, 0.05) is 11.1 Å². The van der Waals surface area contributed by atoms with Gasteiger partial charge < -0.3 is 9.84 Å². The molecule has 0 radical (unpaired) electrons.